The van der Waals surface area contributed by atoms with Gasteiger partial charge in [-0.25, -0.2) is 0 Å². The van der Waals surface area contributed by atoms with Gasteiger partial charge in [0.25, 0.3) is 11.8 Å². The van der Waals surface area contributed by atoms with Gasteiger partial charge in [0, 0.05) is 42.3 Å². The molecule has 1 atom stereocenters. The minimum Gasteiger partial charge on any atom is -0.481 e. The molecular weight excluding hydrogens is 418 g/mol. The van der Waals surface area contributed by atoms with E-state index < -0.39 is 6.10 Å². The Morgan fingerprint density at radius 2 is 1.77 bits per heavy atom. The number of carbonyl (C=O) groups excluding carboxylic acids is 3. The highest BCUT2D eigenvalue weighted by molar-refractivity contribution is 6.30. The van der Waals surface area contributed by atoms with Crippen LogP contribution in [0.15, 0.2) is 48.5 Å². The van der Waals surface area contributed by atoms with Crippen LogP contribution in [-0.2, 0) is 9.59 Å². The first kappa shape index (κ1) is 22.6. The van der Waals surface area contributed by atoms with Gasteiger partial charge >= 0.3 is 0 Å². The molecule has 8 heteroatoms. The summed E-state index contributed by atoms with van der Waals surface area (Å²) in [6.45, 7) is 4.24. The van der Waals surface area contributed by atoms with Gasteiger partial charge < -0.3 is 20.3 Å². The van der Waals surface area contributed by atoms with Crippen molar-refractivity contribution in [2.45, 2.75) is 38.8 Å². The molecule has 1 unspecified atom stereocenters. The second kappa shape index (κ2) is 10.3. The molecule has 3 rings (SSSR count). The summed E-state index contributed by atoms with van der Waals surface area (Å²) in [4.78, 5) is 38.2. The van der Waals surface area contributed by atoms with Gasteiger partial charge in [-0.3, -0.25) is 14.4 Å². The van der Waals surface area contributed by atoms with E-state index in [1.807, 2.05) is 0 Å². The average Bonchev–Trinajstić information content (AvgIpc) is 2.75. The number of ether oxygens (including phenoxy) is 1. The number of benzene rings is 2. The number of amides is 3. The predicted molar refractivity (Wildman–Crippen MR) is 119 cm³/mol. The van der Waals surface area contributed by atoms with Gasteiger partial charge in [0.05, 0.1) is 0 Å². The van der Waals surface area contributed by atoms with Crippen molar-refractivity contribution in [2.75, 3.05) is 18.4 Å². The van der Waals surface area contributed by atoms with Gasteiger partial charge in [0.1, 0.15) is 5.75 Å². The highest BCUT2D eigenvalue weighted by Crippen LogP contribution is 2.19. The minimum absolute atomic E-state index is 0.0199. The number of likely N-dealkylation sites (tertiary alicyclic amines) is 1. The number of rotatable bonds is 6. The SMILES string of the molecule is CC(=O)Nc1cccc(C(=O)NC2CCN(C(=O)C(C)Oc3ccc(Cl)cc3)CC2)c1. The zero-order valence-corrected chi connectivity index (χ0v) is 18.3. The molecule has 0 bridgehead atoms. The first-order chi connectivity index (χ1) is 14.8. The zero-order chi connectivity index (χ0) is 22.4. The number of piperidine rings is 1. The van der Waals surface area contributed by atoms with Crippen molar-refractivity contribution in [2.24, 2.45) is 0 Å². The molecule has 3 amide bonds. The lowest BCUT2D eigenvalue weighted by Gasteiger charge is -2.33. The fourth-order valence-electron chi connectivity index (χ4n) is 3.48. The van der Waals surface area contributed by atoms with Crippen LogP contribution in [-0.4, -0.2) is 47.9 Å². The number of nitrogens with zero attached hydrogens (tertiary/aromatic N) is 1. The second-order valence-electron chi connectivity index (χ2n) is 7.55. The average molecular weight is 444 g/mol. The summed E-state index contributed by atoms with van der Waals surface area (Å²) in [6, 6.07) is 13.7. The summed E-state index contributed by atoms with van der Waals surface area (Å²) in [5, 5.41) is 6.30. The molecule has 0 radical (unpaired) electrons. The van der Waals surface area contributed by atoms with Crippen molar-refractivity contribution in [3.63, 3.8) is 0 Å². The van der Waals surface area contributed by atoms with Crippen LogP contribution in [0.4, 0.5) is 5.69 Å². The first-order valence-electron chi connectivity index (χ1n) is 10.2. The van der Waals surface area contributed by atoms with E-state index in [0.717, 1.165) is 0 Å². The van der Waals surface area contributed by atoms with Crippen molar-refractivity contribution in [3.05, 3.63) is 59.1 Å². The van der Waals surface area contributed by atoms with E-state index in [-0.39, 0.29) is 23.8 Å². The molecule has 31 heavy (non-hydrogen) atoms. The fourth-order valence-corrected chi connectivity index (χ4v) is 3.61. The van der Waals surface area contributed by atoms with Crippen molar-refractivity contribution in [3.8, 4) is 5.75 Å². The normalized spacial score (nSPS) is 15.1. The number of hydrogen-bond acceptors (Lipinski definition) is 4. The topological polar surface area (TPSA) is 87.7 Å². The summed E-state index contributed by atoms with van der Waals surface area (Å²) in [7, 11) is 0. The van der Waals surface area contributed by atoms with E-state index in [1.54, 1.807) is 60.4 Å². The predicted octanol–water partition coefficient (Wildman–Crippen LogP) is 3.49. The van der Waals surface area contributed by atoms with Gasteiger partial charge in [-0.1, -0.05) is 17.7 Å². The van der Waals surface area contributed by atoms with Crippen molar-refractivity contribution >= 4 is 35.0 Å². The maximum atomic E-state index is 12.7. The number of halogens is 1. The third-order valence-corrected chi connectivity index (χ3v) is 5.31. The van der Waals surface area contributed by atoms with Crippen LogP contribution in [0.25, 0.3) is 0 Å². The molecule has 7 nitrogen and oxygen atoms in total. The lowest BCUT2D eigenvalue weighted by Crippen LogP contribution is -2.49. The molecule has 1 saturated heterocycles. The Morgan fingerprint density at radius 1 is 1.10 bits per heavy atom. The Morgan fingerprint density at radius 3 is 2.42 bits per heavy atom. The molecule has 2 aromatic rings. The fraction of sp³-hybridized carbons (Fsp3) is 0.348. The van der Waals surface area contributed by atoms with Gasteiger partial charge in [-0.05, 0) is 62.2 Å². The van der Waals surface area contributed by atoms with Crippen LogP contribution >= 0.6 is 11.6 Å². The largest absolute Gasteiger partial charge is 0.481 e. The lowest BCUT2D eigenvalue weighted by atomic mass is 10.0. The van der Waals surface area contributed by atoms with E-state index in [2.05, 4.69) is 10.6 Å². The molecule has 1 heterocycles. The third kappa shape index (κ3) is 6.46. The summed E-state index contributed by atoms with van der Waals surface area (Å²) < 4.78 is 5.72. The summed E-state index contributed by atoms with van der Waals surface area (Å²) >= 11 is 5.87. The third-order valence-electron chi connectivity index (χ3n) is 5.06. The molecule has 0 saturated carbocycles. The Hall–Kier alpha value is -3.06. The lowest BCUT2D eigenvalue weighted by molar-refractivity contribution is -0.139. The molecule has 0 aliphatic carbocycles. The molecule has 2 aromatic carbocycles. The second-order valence-corrected chi connectivity index (χ2v) is 7.99. The van der Waals surface area contributed by atoms with Gasteiger partial charge in [0.2, 0.25) is 5.91 Å². The Kier molecular flexibility index (Phi) is 7.52. The van der Waals surface area contributed by atoms with Crippen LogP contribution in [0, 0.1) is 0 Å². The van der Waals surface area contributed by atoms with Crippen molar-refractivity contribution in [1.82, 2.24) is 10.2 Å². The number of carbonyl (C=O) groups is 3. The molecule has 0 spiro atoms. The maximum absolute atomic E-state index is 12.7. The van der Waals surface area contributed by atoms with Crippen LogP contribution in [0.5, 0.6) is 5.75 Å². The van der Waals surface area contributed by atoms with Crippen molar-refractivity contribution < 1.29 is 19.1 Å². The number of nitrogens with one attached hydrogen (secondary N) is 2. The Labute approximate surface area is 186 Å². The maximum Gasteiger partial charge on any atom is 0.263 e. The highest BCUT2D eigenvalue weighted by atomic mass is 35.5. The Balaban J connectivity index is 1.48. The first-order valence-corrected chi connectivity index (χ1v) is 10.6. The van der Waals surface area contributed by atoms with Crippen LogP contribution in [0.2, 0.25) is 5.02 Å². The van der Waals surface area contributed by atoms with E-state index >= 15 is 0 Å². The number of hydrogen-bond donors (Lipinski definition) is 2. The van der Waals surface area contributed by atoms with Gasteiger partial charge in [0.15, 0.2) is 6.10 Å². The molecule has 2 N–H and O–H groups in total. The molecule has 0 aromatic heterocycles. The Bertz CT molecular complexity index is 940. The summed E-state index contributed by atoms with van der Waals surface area (Å²) in [5.74, 6) is 0.122. The molecular formula is C23H26ClN3O4. The van der Waals surface area contributed by atoms with Crippen LogP contribution in [0.3, 0.4) is 0 Å². The number of anilines is 1. The highest BCUT2D eigenvalue weighted by Gasteiger charge is 2.28. The van der Waals surface area contributed by atoms with Crippen LogP contribution in [0.1, 0.15) is 37.0 Å². The molecule has 1 fully saturated rings. The zero-order valence-electron chi connectivity index (χ0n) is 17.6. The summed E-state index contributed by atoms with van der Waals surface area (Å²) in [5.41, 5.74) is 1.06. The van der Waals surface area contributed by atoms with E-state index in [9.17, 15) is 14.4 Å². The summed E-state index contributed by atoms with van der Waals surface area (Å²) in [6.07, 6.45) is 0.719. The quantitative estimate of drug-likeness (QED) is 0.715. The van der Waals surface area contributed by atoms with Gasteiger partial charge in [-0.15, -0.1) is 0 Å². The standard InChI is InChI=1S/C23H26ClN3O4/c1-15(31-21-8-6-18(24)7-9-21)23(30)27-12-10-19(11-13-27)26-22(29)17-4-3-5-20(14-17)25-16(2)28/h3-9,14-15,19H,10-13H2,1-2H3,(H,25,28)(H,26,29). The molecule has 164 valence electrons. The monoisotopic (exact) mass is 443 g/mol. The van der Waals surface area contributed by atoms with Crippen LogP contribution < -0.4 is 15.4 Å². The van der Waals surface area contributed by atoms with E-state index in [4.69, 9.17) is 16.3 Å². The van der Waals surface area contributed by atoms with Gasteiger partial charge in [-0.2, -0.15) is 0 Å². The van der Waals surface area contributed by atoms with E-state index in [0.29, 0.717) is 48.0 Å². The smallest absolute Gasteiger partial charge is 0.263 e. The van der Waals surface area contributed by atoms with Crippen molar-refractivity contribution in [1.29, 1.82) is 0 Å². The van der Waals surface area contributed by atoms with E-state index in [1.165, 1.54) is 6.92 Å². The minimum atomic E-state index is -0.608. The molecule has 1 aliphatic rings. The molecule has 1 aliphatic heterocycles.